The highest BCUT2D eigenvalue weighted by Crippen LogP contribution is 2.32. The molecule has 0 bridgehead atoms. The van der Waals surface area contributed by atoms with Crippen LogP contribution in [0.4, 0.5) is 0 Å². The average Bonchev–Trinajstić information content (AvgIpc) is 3.43. The number of β-amino-alcohol motifs (C(OH)–C–C–N with tert-alkyl or cyclic N) is 1. The van der Waals surface area contributed by atoms with E-state index in [1.165, 1.54) is 5.56 Å². The molecule has 5 atom stereocenters. The fourth-order valence-corrected chi connectivity index (χ4v) is 5.97. The molecule has 1 heterocycles. The lowest BCUT2D eigenvalue weighted by Gasteiger charge is -2.29. The third kappa shape index (κ3) is 6.14. The molecule has 6 nitrogen and oxygen atoms in total. The highest BCUT2D eigenvalue weighted by atomic mass is 16.3. The second kappa shape index (κ2) is 11.9. The third-order valence-corrected chi connectivity index (χ3v) is 7.93. The lowest BCUT2D eigenvalue weighted by Crippen LogP contribution is -2.43. The van der Waals surface area contributed by atoms with E-state index in [9.17, 15) is 19.8 Å². The second-order valence-electron chi connectivity index (χ2n) is 10.7. The van der Waals surface area contributed by atoms with E-state index < -0.39 is 24.2 Å². The molecule has 198 valence electrons. The summed E-state index contributed by atoms with van der Waals surface area (Å²) < 4.78 is 0. The lowest BCUT2D eigenvalue weighted by atomic mass is 9.91. The Bertz CT molecular complexity index is 1230. The summed E-state index contributed by atoms with van der Waals surface area (Å²) in [5.41, 5.74) is 4.16. The molecule has 1 saturated heterocycles. The van der Waals surface area contributed by atoms with Crippen molar-refractivity contribution in [3.05, 3.63) is 107 Å². The zero-order valence-corrected chi connectivity index (χ0v) is 21.6. The van der Waals surface area contributed by atoms with Gasteiger partial charge in [-0.25, -0.2) is 0 Å². The van der Waals surface area contributed by atoms with Gasteiger partial charge in [-0.05, 0) is 47.9 Å². The van der Waals surface area contributed by atoms with Crippen molar-refractivity contribution in [3.8, 4) is 0 Å². The van der Waals surface area contributed by atoms with Gasteiger partial charge in [0, 0.05) is 31.3 Å². The zero-order chi connectivity index (χ0) is 26.5. The van der Waals surface area contributed by atoms with Gasteiger partial charge in [-0.15, -0.1) is 0 Å². The predicted molar refractivity (Wildman–Crippen MR) is 146 cm³/mol. The topological polar surface area (TPSA) is 89.9 Å². The maximum atomic E-state index is 13.6. The second-order valence-corrected chi connectivity index (χ2v) is 10.7. The van der Waals surface area contributed by atoms with Gasteiger partial charge in [0.2, 0.25) is 11.8 Å². The number of carbonyl (C=O) groups is 2. The maximum absolute atomic E-state index is 13.6. The number of hydrogen-bond donors (Lipinski definition) is 3. The number of likely N-dealkylation sites (tertiary alicyclic amines) is 1. The van der Waals surface area contributed by atoms with Crippen LogP contribution in [0.25, 0.3) is 0 Å². The summed E-state index contributed by atoms with van der Waals surface area (Å²) in [6.45, 7) is 0.212. The Balaban J connectivity index is 1.28. The highest BCUT2D eigenvalue weighted by molar-refractivity contribution is 5.80. The van der Waals surface area contributed by atoms with Crippen LogP contribution in [0.5, 0.6) is 0 Å². The van der Waals surface area contributed by atoms with Crippen molar-refractivity contribution in [2.45, 2.75) is 62.8 Å². The minimum atomic E-state index is -0.837. The number of benzene rings is 3. The summed E-state index contributed by atoms with van der Waals surface area (Å²) in [5, 5.41) is 24.9. The van der Waals surface area contributed by atoms with E-state index in [4.69, 9.17) is 0 Å². The molecule has 1 fully saturated rings. The van der Waals surface area contributed by atoms with Gasteiger partial charge in [0.05, 0.1) is 18.2 Å². The molecule has 1 aliphatic carbocycles. The van der Waals surface area contributed by atoms with Crippen molar-refractivity contribution in [1.82, 2.24) is 10.2 Å². The molecule has 6 heteroatoms. The molecule has 2 amide bonds. The van der Waals surface area contributed by atoms with Gasteiger partial charge in [-0.2, -0.15) is 0 Å². The molecule has 1 aliphatic heterocycles. The minimum Gasteiger partial charge on any atom is -0.391 e. The molecule has 3 aromatic rings. The van der Waals surface area contributed by atoms with Gasteiger partial charge >= 0.3 is 0 Å². The number of aliphatic hydroxyl groups is 2. The Morgan fingerprint density at radius 3 is 2.34 bits per heavy atom. The molecular weight excluding hydrogens is 476 g/mol. The van der Waals surface area contributed by atoms with Crippen molar-refractivity contribution >= 4 is 11.8 Å². The van der Waals surface area contributed by atoms with Crippen molar-refractivity contribution in [2.75, 3.05) is 6.54 Å². The monoisotopic (exact) mass is 512 g/mol. The molecule has 3 aromatic carbocycles. The van der Waals surface area contributed by atoms with Crippen molar-refractivity contribution in [3.63, 3.8) is 0 Å². The van der Waals surface area contributed by atoms with Crippen LogP contribution < -0.4 is 5.32 Å². The predicted octanol–water partition coefficient (Wildman–Crippen LogP) is 3.60. The molecule has 0 aromatic heterocycles. The Kier molecular flexibility index (Phi) is 8.20. The molecule has 2 aliphatic rings. The Morgan fingerprint density at radius 2 is 1.61 bits per heavy atom. The van der Waals surface area contributed by atoms with E-state index in [-0.39, 0.29) is 30.8 Å². The smallest absolute Gasteiger partial charge is 0.224 e. The molecule has 0 spiro atoms. The van der Waals surface area contributed by atoms with Crippen LogP contribution in [0.15, 0.2) is 84.9 Å². The first-order valence-corrected chi connectivity index (χ1v) is 13.6. The van der Waals surface area contributed by atoms with Crippen molar-refractivity contribution in [1.29, 1.82) is 0 Å². The quantitative estimate of drug-likeness (QED) is 0.387. The summed E-state index contributed by atoms with van der Waals surface area (Å²) in [6, 6.07) is 27.2. The summed E-state index contributed by atoms with van der Waals surface area (Å²) in [4.78, 5) is 28.1. The number of amides is 2. The van der Waals surface area contributed by atoms with Crippen molar-refractivity contribution < 1.29 is 19.8 Å². The van der Waals surface area contributed by atoms with E-state index in [0.717, 1.165) is 29.5 Å². The average molecular weight is 513 g/mol. The van der Waals surface area contributed by atoms with E-state index in [2.05, 4.69) is 17.4 Å². The van der Waals surface area contributed by atoms with E-state index in [1.54, 1.807) is 4.90 Å². The van der Waals surface area contributed by atoms with Gasteiger partial charge < -0.3 is 20.4 Å². The van der Waals surface area contributed by atoms with Crippen LogP contribution in [0, 0.1) is 5.92 Å². The fourth-order valence-electron chi connectivity index (χ4n) is 5.97. The van der Waals surface area contributed by atoms with Gasteiger partial charge in [-0.3, -0.25) is 9.59 Å². The van der Waals surface area contributed by atoms with Crippen LogP contribution in [0.1, 0.15) is 47.6 Å². The number of aliphatic hydroxyl groups excluding tert-OH is 2. The molecular formula is C32H36N2O4. The standard InChI is InChI=1S/C32H36N2O4/c35-27(21-34-26(15-16-30(34)37)18-23-11-5-2-6-12-23)19-25(17-22-9-3-1-4-10-22)32(38)33-31-28-14-8-7-13-24(28)20-29(31)36/h1-14,25-27,29,31,35-36H,15-21H2,(H,33,38)/t25-,26-,27-,29-,31?/m1/s1. The first-order chi connectivity index (χ1) is 18.5. The highest BCUT2D eigenvalue weighted by Gasteiger charge is 2.36. The van der Waals surface area contributed by atoms with Gasteiger partial charge in [0.25, 0.3) is 0 Å². The molecule has 0 radical (unpaired) electrons. The molecule has 0 saturated carbocycles. The lowest BCUT2D eigenvalue weighted by molar-refractivity contribution is -0.131. The Hall–Kier alpha value is -3.48. The molecule has 5 rings (SSSR count). The summed E-state index contributed by atoms with van der Waals surface area (Å²) in [5.74, 6) is -0.639. The number of carbonyl (C=O) groups excluding carboxylic acids is 2. The van der Waals surface area contributed by atoms with Gasteiger partial charge in [0.15, 0.2) is 0 Å². The first-order valence-electron chi connectivity index (χ1n) is 13.6. The van der Waals surface area contributed by atoms with Gasteiger partial charge in [-0.1, -0.05) is 84.9 Å². The summed E-state index contributed by atoms with van der Waals surface area (Å²) in [7, 11) is 0. The maximum Gasteiger partial charge on any atom is 0.224 e. The van der Waals surface area contributed by atoms with Crippen LogP contribution in [0.3, 0.4) is 0 Å². The van der Waals surface area contributed by atoms with Crippen molar-refractivity contribution in [2.24, 2.45) is 5.92 Å². The Labute approximate surface area is 224 Å². The van der Waals surface area contributed by atoms with Crippen LogP contribution in [0.2, 0.25) is 0 Å². The van der Waals surface area contributed by atoms with Crippen LogP contribution >= 0.6 is 0 Å². The van der Waals surface area contributed by atoms with E-state index in [1.807, 2.05) is 72.8 Å². The number of fused-ring (bicyclic) bond motifs is 1. The number of nitrogens with one attached hydrogen (secondary N) is 1. The van der Waals surface area contributed by atoms with Crippen LogP contribution in [-0.2, 0) is 28.9 Å². The zero-order valence-electron chi connectivity index (χ0n) is 21.6. The van der Waals surface area contributed by atoms with E-state index in [0.29, 0.717) is 19.3 Å². The minimum absolute atomic E-state index is 0.0473. The Morgan fingerprint density at radius 1 is 0.947 bits per heavy atom. The van der Waals surface area contributed by atoms with Crippen LogP contribution in [-0.4, -0.2) is 51.7 Å². The molecule has 3 N–H and O–H groups in total. The fraction of sp³-hybridized carbons (Fsp3) is 0.375. The largest absolute Gasteiger partial charge is 0.391 e. The van der Waals surface area contributed by atoms with E-state index >= 15 is 0 Å². The first kappa shape index (κ1) is 26.1. The number of hydrogen-bond acceptors (Lipinski definition) is 4. The normalized spacial score (nSPS) is 22.2. The number of nitrogens with zero attached hydrogens (tertiary/aromatic N) is 1. The molecule has 1 unspecified atom stereocenters. The van der Waals surface area contributed by atoms with Gasteiger partial charge in [0.1, 0.15) is 0 Å². The summed E-state index contributed by atoms with van der Waals surface area (Å²) in [6.07, 6.45) is 1.70. The summed E-state index contributed by atoms with van der Waals surface area (Å²) >= 11 is 0. The third-order valence-electron chi connectivity index (χ3n) is 7.93. The SMILES string of the molecule is O=C(NC1c2ccccc2C[C@H]1O)[C@H](Cc1ccccc1)C[C@@H](O)CN1C(=O)CC[C@@H]1Cc1ccccc1. The molecule has 38 heavy (non-hydrogen) atoms. The number of rotatable bonds is 10.